The topological polar surface area (TPSA) is 29.1 Å². The number of aryl methyl sites for hydroxylation is 2. The van der Waals surface area contributed by atoms with Gasteiger partial charge in [-0.1, -0.05) is 27.5 Å². The molecule has 0 heterocycles. The number of carbonyl (C=O) groups excluding carboxylic acids is 1. The van der Waals surface area contributed by atoms with Crippen LogP contribution < -0.4 is 5.32 Å². The van der Waals surface area contributed by atoms with Crippen LogP contribution in [0, 0.1) is 13.8 Å². The van der Waals surface area contributed by atoms with Crippen LogP contribution in [0.2, 0.25) is 5.02 Å². The monoisotopic (exact) mass is 337 g/mol. The Bertz CT molecular complexity index is 640. The fourth-order valence-corrected chi connectivity index (χ4v) is 2.34. The maximum absolute atomic E-state index is 12.1. The quantitative estimate of drug-likeness (QED) is 0.823. The second kappa shape index (κ2) is 5.76. The first-order chi connectivity index (χ1) is 8.97. The standard InChI is InChI=1S/C15H13BrClNO/c1-9-7-11(3-5-13(9)17)15(19)18-14-6-4-12(16)8-10(14)2/h3-8H,1-2H3,(H,18,19). The summed E-state index contributed by atoms with van der Waals surface area (Å²) in [6.45, 7) is 3.83. The molecule has 2 aromatic carbocycles. The summed E-state index contributed by atoms with van der Waals surface area (Å²) in [5.74, 6) is -0.134. The van der Waals surface area contributed by atoms with E-state index in [0.717, 1.165) is 21.3 Å². The van der Waals surface area contributed by atoms with Crippen molar-refractivity contribution in [2.45, 2.75) is 13.8 Å². The highest BCUT2D eigenvalue weighted by Gasteiger charge is 2.09. The molecule has 1 amide bonds. The van der Waals surface area contributed by atoms with E-state index < -0.39 is 0 Å². The zero-order valence-electron chi connectivity index (χ0n) is 10.6. The van der Waals surface area contributed by atoms with Gasteiger partial charge in [-0.05, 0) is 61.4 Å². The van der Waals surface area contributed by atoms with Gasteiger partial charge in [0.2, 0.25) is 0 Å². The van der Waals surface area contributed by atoms with Crippen molar-refractivity contribution in [2.24, 2.45) is 0 Å². The number of carbonyl (C=O) groups is 1. The van der Waals surface area contributed by atoms with Gasteiger partial charge in [-0.15, -0.1) is 0 Å². The minimum absolute atomic E-state index is 0.134. The first-order valence-electron chi connectivity index (χ1n) is 5.81. The van der Waals surface area contributed by atoms with Crippen LogP contribution in [0.25, 0.3) is 0 Å². The predicted octanol–water partition coefficient (Wildman–Crippen LogP) is 4.97. The zero-order valence-corrected chi connectivity index (χ0v) is 13.0. The van der Waals surface area contributed by atoms with Gasteiger partial charge in [-0.2, -0.15) is 0 Å². The van der Waals surface area contributed by atoms with Gasteiger partial charge in [0, 0.05) is 20.7 Å². The van der Waals surface area contributed by atoms with E-state index in [1.54, 1.807) is 18.2 Å². The van der Waals surface area contributed by atoms with Crippen molar-refractivity contribution in [1.82, 2.24) is 0 Å². The van der Waals surface area contributed by atoms with Crippen molar-refractivity contribution in [3.63, 3.8) is 0 Å². The van der Waals surface area contributed by atoms with Crippen molar-refractivity contribution < 1.29 is 4.79 Å². The minimum atomic E-state index is -0.134. The van der Waals surface area contributed by atoms with Crippen LogP contribution >= 0.6 is 27.5 Å². The summed E-state index contributed by atoms with van der Waals surface area (Å²) in [5.41, 5.74) is 3.31. The van der Waals surface area contributed by atoms with Crippen molar-refractivity contribution in [3.05, 3.63) is 62.6 Å². The van der Waals surface area contributed by atoms with E-state index in [1.165, 1.54) is 0 Å². The molecule has 0 atom stereocenters. The minimum Gasteiger partial charge on any atom is -0.322 e. The number of nitrogens with one attached hydrogen (secondary N) is 1. The number of benzene rings is 2. The Balaban J connectivity index is 2.23. The molecule has 0 aliphatic carbocycles. The molecule has 4 heteroatoms. The summed E-state index contributed by atoms with van der Waals surface area (Å²) >= 11 is 9.35. The highest BCUT2D eigenvalue weighted by molar-refractivity contribution is 9.10. The number of halogens is 2. The van der Waals surface area contributed by atoms with Crippen LogP contribution in [-0.2, 0) is 0 Å². The van der Waals surface area contributed by atoms with Crippen molar-refractivity contribution >= 4 is 39.1 Å². The first kappa shape index (κ1) is 14.1. The third-order valence-electron chi connectivity index (χ3n) is 2.86. The van der Waals surface area contributed by atoms with Gasteiger partial charge in [0.15, 0.2) is 0 Å². The van der Waals surface area contributed by atoms with Gasteiger partial charge in [-0.3, -0.25) is 4.79 Å². The highest BCUT2D eigenvalue weighted by Crippen LogP contribution is 2.21. The summed E-state index contributed by atoms with van der Waals surface area (Å²) in [7, 11) is 0. The fraction of sp³-hybridized carbons (Fsp3) is 0.133. The molecule has 0 radical (unpaired) electrons. The zero-order chi connectivity index (χ0) is 14.0. The van der Waals surface area contributed by atoms with Crippen molar-refractivity contribution in [2.75, 3.05) is 5.32 Å². The maximum atomic E-state index is 12.1. The Hall–Kier alpha value is -1.32. The Morgan fingerprint density at radius 2 is 1.84 bits per heavy atom. The van der Waals surface area contributed by atoms with Crippen LogP contribution in [0.15, 0.2) is 40.9 Å². The lowest BCUT2D eigenvalue weighted by Gasteiger charge is -2.09. The average molecular weight is 339 g/mol. The SMILES string of the molecule is Cc1cc(C(=O)Nc2ccc(Br)cc2C)ccc1Cl. The van der Waals surface area contributed by atoms with Gasteiger partial charge in [0.25, 0.3) is 5.91 Å². The summed E-state index contributed by atoms with van der Waals surface area (Å²) in [5, 5.41) is 3.56. The molecule has 0 fully saturated rings. The van der Waals surface area contributed by atoms with E-state index in [4.69, 9.17) is 11.6 Å². The Morgan fingerprint density at radius 1 is 1.11 bits per heavy atom. The molecule has 0 saturated carbocycles. The largest absolute Gasteiger partial charge is 0.322 e. The van der Waals surface area contributed by atoms with E-state index in [0.29, 0.717) is 10.6 Å². The molecule has 98 valence electrons. The summed E-state index contributed by atoms with van der Waals surface area (Å²) in [6, 6.07) is 11.0. The average Bonchev–Trinajstić information content (AvgIpc) is 2.36. The summed E-state index contributed by atoms with van der Waals surface area (Å²) in [6.07, 6.45) is 0. The predicted molar refractivity (Wildman–Crippen MR) is 83.0 cm³/mol. The number of amides is 1. The normalized spacial score (nSPS) is 10.3. The number of hydrogen-bond acceptors (Lipinski definition) is 1. The number of anilines is 1. The molecule has 2 aromatic rings. The Morgan fingerprint density at radius 3 is 2.47 bits per heavy atom. The molecule has 19 heavy (non-hydrogen) atoms. The lowest BCUT2D eigenvalue weighted by Crippen LogP contribution is -2.12. The molecule has 0 unspecified atom stereocenters. The third kappa shape index (κ3) is 3.37. The number of rotatable bonds is 2. The van der Waals surface area contributed by atoms with Gasteiger partial charge in [0.05, 0.1) is 0 Å². The lowest BCUT2D eigenvalue weighted by molar-refractivity contribution is 0.102. The van der Waals surface area contributed by atoms with E-state index >= 15 is 0 Å². The van der Waals surface area contributed by atoms with Gasteiger partial charge >= 0.3 is 0 Å². The molecular formula is C15H13BrClNO. The van der Waals surface area contributed by atoms with Crippen LogP contribution in [0.5, 0.6) is 0 Å². The fourth-order valence-electron chi connectivity index (χ4n) is 1.75. The molecule has 0 aliphatic heterocycles. The molecule has 0 spiro atoms. The molecule has 0 saturated heterocycles. The molecule has 2 nitrogen and oxygen atoms in total. The van der Waals surface area contributed by atoms with Crippen LogP contribution in [0.4, 0.5) is 5.69 Å². The molecule has 1 N–H and O–H groups in total. The molecular weight excluding hydrogens is 326 g/mol. The van der Waals surface area contributed by atoms with E-state index in [9.17, 15) is 4.79 Å². The van der Waals surface area contributed by atoms with Gasteiger partial charge < -0.3 is 5.32 Å². The molecule has 2 rings (SSSR count). The highest BCUT2D eigenvalue weighted by atomic mass is 79.9. The second-order valence-electron chi connectivity index (χ2n) is 4.38. The van der Waals surface area contributed by atoms with Crippen LogP contribution in [0.3, 0.4) is 0 Å². The van der Waals surface area contributed by atoms with Crippen molar-refractivity contribution in [3.8, 4) is 0 Å². The van der Waals surface area contributed by atoms with Gasteiger partial charge in [0.1, 0.15) is 0 Å². The summed E-state index contributed by atoms with van der Waals surface area (Å²) in [4.78, 5) is 12.1. The van der Waals surface area contributed by atoms with Crippen LogP contribution in [-0.4, -0.2) is 5.91 Å². The third-order valence-corrected chi connectivity index (χ3v) is 3.77. The second-order valence-corrected chi connectivity index (χ2v) is 5.70. The number of hydrogen-bond donors (Lipinski definition) is 1. The Kier molecular flexibility index (Phi) is 4.27. The van der Waals surface area contributed by atoms with E-state index in [-0.39, 0.29) is 5.91 Å². The van der Waals surface area contributed by atoms with Crippen LogP contribution in [0.1, 0.15) is 21.5 Å². The maximum Gasteiger partial charge on any atom is 0.255 e. The summed E-state index contributed by atoms with van der Waals surface area (Å²) < 4.78 is 0.991. The lowest BCUT2D eigenvalue weighted by atomic mass is 10.1. The van der Waals surface area contributed by atoms with Crippen molar-refractivity contribution in [1.29, 1.82) is 0 Å². The smallest absolute Gasteiger partial charge is 0.255 e. The molecule has 0 aromatic heterocycles. The van der Waals surface area contributed by atoms with Gasteiger partial charge in [-0.25, -0.2) is 0 Å². The molecule has 0 bridgehead atoms. The van der Waals surface area contributed by atoms with E-state index in [2.05, 4.69) is 21.2 Å². The molecule has 0 aliphatic rings. The van der Waals surface area contributed by atoms with E-state index in [1.807, 2.05) is 32.0 Å². The Labute approximate surface area is 125 Å². The first-order valence-corrected chi connectivity index (χ1v) is 6.98.